The van der Waals surface area contributed by atoms with Crippen molar-refractivity contribution in [3.8, 4) is 62.0 Å². The molecule has 0 bridgehead atoms. The van der Waals surface area contributed by atoms with Crippen LogP contribution in [-0.2, 0) is 49.4 Å². The summed E-state index contributed by atoms with van der Waals surface area (Å²) in [6, 6.07) is 20.3. The van der Waals surface area contributed by atoms with Gasteiger partial charge in [-0.25, -0.2) is 0 Å². The summed E-state index contributed by atoms with van der Waals surface area (Å²) in [5.41, 5.74) is -20.0. The number of dihydropyridines is 1. The van der Waals surface area contributed by atoms with E-state index in [9.17, 15) is 111 Å². The van der Waals surface area contributed by atoms with Gasteiger partial charge in [-0.1, -0.05) is 54.6 Å². The fourth-order valence-electron chi connectivity index (χ4n) is 12.0. The van der Waals surface area contributed by atoms with E-state index in [0.717, 1.165) is 72.8 Å². The summed E-state index contributed by atoms with van der Waals surface area (Å²) in [6.07, 6.45) is -38.6. The van der Waals surface area contributed by atoms with Gasteiger partial charge in [0.05, 0.1) is 89.6 Å². The van der Waals surface area contributed by atoms with Crippen LogP contribution in [0.1, 0.15) is 55.6 Å². The summed E-state index contributed by atoms with van der Waals surface area (Å²) < 4.78 is 350. The van der Waals surface area contributed by atoms with Gasteiger partial charge >= 0.3 is 49.4 Å². The second-order valence-electron chi connectivity index (χ2n) is 22.0. The molecule has 1 aliphatic heterocycles. The Morgan fingerprint density at radius 2 is 0.594 bits per heavy atom. The van der Waals surface area contributed by atoms with Gasteiger partial charge in [0, 0.05) is 33.7 Å². The highest BCUT2D eigenvalue weighted by molar-refractivity contribution is 6.14. The van der Waals surface area contributed by atoms with Gasteiger partial charge in [-0.2, -0.15) is 111 Å². The average molecular weight is 1360 g/mol. The minimum Gasteiger partial charge on any atom is -0.387 e. The van der Waals surface area contributed by atoms with Crippen LogP contribution in [-0.4, -0.2) is 15.7 Å². The number of aromatic nitrogens is 2. The van der Waals surface area contributed by atoms with Gasteiger partial charge < -0.3 is 14.5 Å². The molecular weight excluding hydrogens is 1330 g/mol. The van der Waals surface area contributed by atoms with Crippen molar-refractivity contribution in [1.29, 1.82) is 5.26 Å². The number of nitriles is 1. The lowest BCUT2D eigenvalue weighted by Crippen LogP contribution is -2.12. The van der Waals surface area contributed by atoms with E-state index in [0.29, 0.717) is 54.1 Å². The third-order valence-corrected chi connectivity index (χ3v) is 16.2. The number of nitrogens with one attached hydrogen (secondary N) is 1. The highest BCUT2D eigenvalue weighted by Crippen LogP contribution is 2.50. The molecule has 0 radical (unpaired) electrons. The lowest BCUT2D eigenvalue weighted by molar-refractivity contribution is -0.144. The number of alkyl halides is 24. The first-order valence-corrected chi connectivity index (χ1v) is 27.6. The Bertz CT molecular complexity index is 4860. The molecule has 0 amide bonds. The molecule has 3 heterocycles. The SMILES string of the molecule is N#Cc1cc(-n2c3ccc(-c4ccc(C(F)(F)F)cc4C(F)(F)F)cc3c3cc(-c4ccc(C(F)(F)F)cc4C(F)(F)F)ccc32)c(-n2c3ccc(-c4ccc(C(F)(F)F)cc4C(F)(F)F)cc3c3cc(-c4ccc(C(F)(F)F)cc4C(F)(F)F)ccc32)cc1C1=CCNC=C1. The van der Waals surface area contributed by atoms with Crippen LogP contribution in [0.3, 0.4) is 0 Å². The number of benzene rings is 9. The van der Waals surface area contributed by atoms with Gasteiger partial charge in [0.15, 0.2) is 0 Å². The first-order chi connectivity index (χ1) is 44.6. The van der Waals surface area contributed by atoms with Crippen molar-refractivity contribution in [1.82, 2.24) is 14.5 Å². The van der Waals surface area contributed by atoms with Crippen molar-refractivity contribution in [2.75, 3.05) is 6.54 Å². The van der Waals surface area contributed by atoms with Crippen molar-refractivity contribution in [2.45, 2.75) is 49.4 Å². The van der Waals surface area contributed by atoms with E-state index in [-0.39, 0.29) is 96.9 Å². The number of hydrogen-bond acceptors (Lipinski definition) is 2. The van der Waals surface area contributed by atoms with E-state index >= 15 is 0 Å². The molecule has 492 valence electrons. The minimum atomic E-state index is -5.49. The lowest BCUT2D eigenvalue weighted by Gasteiger charge is -2.21. The van der Waals surface area contributed by atoms with Crippen LogP contribution in [0.4, 0.5) is 105 Å². The number of fused-ring (bicyclic) bond motifs is 6. The number of hydrogen-bond donors (Lipinski definition) is 1. The van der Waals surface area contributed by atoms with E-state index < -0.39 is 138 Å². The summed E-state index contributed by atoms with van der Waals surface area (Å²) in [4.78, 5) is 0. The summed E-state index contributed by atoms with van der Waals surface area (Å²) >= 11 is 0. The molecule has 0 unspecified atom stereocenters. The lowest BCUT2D eigenvalue weighted by atomic mass is 9.94. The molecule has 96 heavy (non-hydrogen) atoms. The maximum Gasteiger partial charge on any atom is 0.417 e. The predicted molar refractivity (Wildman–Crippen MR) is 307 cm³/mol. The van der Waals surface area contributed by atoms with E-state index in [4.69, 9.17) is 0 Å². The molecule has 0 spiro atoms. The second-order valence-corrected chi connectivity index (χ2v) is 22.0. The molecule has 0 saturated carbocycles. The molecule has 11 aromatic rings. The van der Waals surface area contributed by atoms with Gasteiger partial charge in [-0.15, -0.1) is 0 Å². The Labute approximate surface area is 522 Å². The zero-order valence-electron chi connectivity index (χ0n) is 47.4. The van der Waals surface area contributed by atoms with Crippen LogP contribution in [0.5, 0.6) is 0 Å². The molecule has 0 fully saturated rings. The third-order valence-electron chi connectivity index (χ3n) is 16.2. The number of halogens is 24. The normalized spacial score (nSPS) is 13.9. The summed E-state index contributed by atoms with van der Waals surface area (Å²) in [6.45, 7) is 0.129. The van der Waals surface area contributed by atoms with E-state index in [1.54, 1.807) is 6.08 Å². The summed E-state index contributed by atoms with van der Waals surface area (Å²) in [5.74, 6) is 0. The minimum absolute atomic E-state index is 0.0886. The molecule has 0 aliphatic carbocycles. The molecule has 1 N–H and O–H groups in total. The van der Waals surface area contributed by atoms with Crippen molar-refractivity contribution in [2.24, 2.45) is 0 Å². The van der Waals surface area contributed by atoms with Crippen LogP contribution in [0.25, 0.3) is 105 Å². The maximum absolute atomic E-state index is 14.9. The predicted octanol–water partition coefficient (Wildman–Crippen LogP) is 23.1. The van der Waals surface area contributed by atoms with Gasteiger partial charge in [-0.3, -0.25) is 0 Å². The van der Waals surface area contributed by atoms with Crippen molar-refractivity contribution < 1.29 is 105 Å². The van der Waals surface area contributed by atoms with Gasteiger partial charge in [0.1, 0.15) is 0 Å². The quantitative estimate of drug-likeness (QED) is 0.162. The standard InChI is InChI=1S/C68H32F24N4/c69-61(70,71)38-5-9-42(51(26-38)65(81,82)83)33-1-13-55-47(21-33)48-22-34(43-10-6-39(62(72,73)74)27-52(43)66(84,85)86)2-14-56(48)95(55)59-25-37(31-93)46(32-17-19-94-20-18-32)30-60(59)96-57-15-3-35(44-11-7-40(63(75,76)77)28-53(44)67(87,88)89)23-49(57)50-24-36(4-16-58(50)96)45-12-8-41(64(78,79)80)29-54(45)68(90,91)92/h1-19,21-30,94H,20H2. The van der Waals surface area contributed by atoms with Crippen LogP contribution in [0.15, 0.2) is 176 Å². The average Bonchev–Trinajstić information content (AvgIpc) is 1.55. The van der Waals surface area contributed by atoms with Crippen LogP contribution >= 0.6 is 0 Å². The van der Waals surface area contributed by atoms with Crippen LogP contribution in [0, 0.1) is 11.3 Å². The molecule has 9 aromatic carbocycles. The van der Waals surface area contributed by atoms with Crippen molar-refractivity contribution in [3.05, 3.63) is 232 Å². The number of nitrogens with zero attached hydrogens (tertiary/aromatic N) is 3. The van der Waals surface area contributed by atoms with E-state index in [1.807, 2.05) is 0 Å². The summed E-state index contributed by atoms with van der Waals surface area (Å²) in [7, 11) is 0. The van der Waals surface area contributed by atoms with Crippen molar-refractivity contribution in [3.63, 3.8) is 0 Å². The number of allylic oxidation sites excluding steroid dienone is 2. The Hall–Kier alpha value is -10.3. The third kappa shape index (κ3) is 11.9. The van der Waals surface area contributed by atoms with Crippen LogP contribution in [0.2, 0.25) is 0 Å². The highest BCUT2D eigenvalue weighted by atomic mass is 19.4. The first-order valence-electron chi connectivity index (χ1n) is 27.6. The molecule has 12 rings (SSSR count). The summed E-state index contributed by atoms with van der Waals surface area (Å²) in [5, 5.41) is 13.1. The van der Waals surface area contributed by atoms with E-state index in [2.05, 4.69) is 11.4 Å². The second kappa shape index (κ2) is 22.4. The van der Waals surface area contributed by atoms with Crippen LogP contribution < -0.4 is 5.32 Å². The molecule has 1 aliphatic rings. The van der Waals surface area contributed by atoms with Gasteiger partial charge in [-0.05, 0) is 172 Å². The Morgan fingerprint density at radius 3 is 0.833 bits per heavy atom. The van der Waals surface area contributed by atoms with E-state index in [1.165, 1.54) is 33.5 Å². The first kappa shape index (κ1) is 65.7. The van der Waals surface area contributed by atoms with Gasteiger partial charge in [0.25, 0.3) is 0 Å². The fourth-order valence-corrected chi connectivity index (χ4v) is 12.0. The van der Waals surface area contributed by atoms with Crippen molar-refractivity contribution >= 4 is 49.2 Å². The zero-order valence-corrected chi connectivity index (χ0v) is 47.4. The monoisotopic (exact) mass is 1360 g/mol. The molecule has 28 heteroatoms. The molecule has 2 aromatic heterocycles. The fraction of sp³-hybridized carbons (Fsp3) is 0.132. The van der Waals surface area contributed by atoms with Gasteiger partial charge in [0.2, 0.25) is 0 Å². The molecular formula is C68H32F24N4. The molecule has 0 atom stereocenters. The highest BCUT2D eigenvalue weighted by Gasteiger charge is 2.43. The Kier molecular flexibility index (Phi) is 15.3. The Morgan fingerprint density at radius 1 is 0.312 bits per heavy atom. The molecule has 4 nitrogen and oxygen atoms in total. The largest absolute Gasteiger partial charge is 0.417 e. The zero-order chi connectivity index (χ0) is 69.5. The molecule has 0 saturated heterocycles. The smallest absolute Gasteiger partial charge is 0.387 e. The number of rotatable bonds is 7. The maximum atomic E-state index is 14.9. The Balaban J connectivity index is 1.22. The topological polar surface area (TPSA) is 45.7 Å².